The van der Waals surface area contributed by atoms with Crippen molar-refractivity contribution in [1.82, 2.24) is 9.97 Å². The number of amides is 2. The average Bonchev–Trinajstić information content (AvgIpc) is 2.47. The Morgan fingerprint density at radius 1 is 1.12 bits per heavy atom. The van der Waals surface area contributed by atoms with Crippen LogP contribution in [-0.4, -0.2) is 27.5 Å². The topological polar surface area (TPSA) is 84.0 Å². The molecular formula is C16H17FN4O2S. The lowest BCUT2D eigenvalue weighted by molar-refractivity contribution is -0.114. The number of thioether (sulfide) groups is 1. The van der Waals surface area contributed by atoms with Crippen LogP contribution in [-0.2, 0) is 9.59 Å². The first-order chi connectivity index (χ1) is 11.3. The summed E-state index contributed by atoms with van der Waals surface area (Å²) in [5, 5.41) is 5.54. The normalized spacial score (nSPS) is 10.3. The number of aromatic nitrogens is 2. The summed E-state index contributed by atoms with van der Waals surface area (Å²) in [5.74, 6) is -1.11. The van der Waals surface area contributed by atoms with Crippen LogP contribution < -0.4 is 10.6 Å². The van der Waals surface area contributed by atoms with E-state index in [2.05, 4.69) is 20.6 Å². The van der Waals surface area contributed by atoms with Gasteiger partial charge in [0, 0.05) is 24.0 Å². The molecule has 2 rings (SSSR count). The number of hydrogen-bond donors (Lipinski definition) is 2. The van der Waals surface area contributed by atoms with Crippen molar-refractivity contribution < 1.29 is 14.0 Å². The van der Waals surface area contributed by atoms with Gasteiger partial charge in [0.05, 0.1) is 11.4 Å². The summed E-state index contributed by atoms with van der Waals surface area (Å²) in [4.78, 5) is 31.5. The van der Waals surface area contributed by atoms with Crippen LogP contribution in [0.25, 0.3) is 0 Å². The van der Waals surface area contributed by atoms with Crippen LogP contribution in [0.1, 0.15) is 18.3 Å². The molecule has 2 amide bonds. The van der Waals surface area contributed by atoms with Gasteiger partial charge in [-0.05, 0) is 38.1 Å². The molecule has 1 aromatic heterocycles. The third-order valence-electron chi connectivity index (χ3n) is 2.85. The predicted molar refractivity (Wildman–Crippen MR) is 91.6 cm³/mol. The van der Waals surface area contributed by atoms with Gasteiger partial charge < -0.3 is 10.6 Å². The van der Waals surface area contributed by atoms with E-state index < -0.39 is 5.82 Å². The Morgan fingerprint density at radius 2 is 1.79 bits per heavy atom. The van der Waals surface area contributed by atoms with E-state index >= 15 is 0 Å². The minimum absolute atomic E-state index is 0.0191. The highest BCUT2D eigenvalue weighted by Crippen LogP contribution is 2.20. The fraction of sp³-hybridized carbons (Fsp3) is 0.250. The van der Waals surface area contributed by atoms with Gasteiger partial charge >= 0.3 is 0 Å². The number of hydrogen-bond acceptors (Lipinski definition) is 5. The molecule has 0 radical (unpaired) electrons. The summed E-state index contributed by atoms with van der Waals surface area (Å²) in [6.45, 7) is 5.01. The lowest BCUT2D eigenvalue weighted by atomic mass is 10.2. The van der Waals surface area contributed by atoms with Crippen LogP contribution in [0.3, 0.4) is 0 Å². The summed E-state index contributed by atoms with van der Waals surface area (Å²) >= 11 is 1.22. The molecule has 2 aromatic rings. The fourth-order valence-electron chi connectivity index (χ4n) is 1.97. The van der Waals surface area contributed by atoms with Gasteiger partial charge in [-0.2, -0.15) is 0 Å². The Labute approximate surface area is 143 Å². The molecule has 0 saturated carbocycles. The molecule has 0 spiro atoms. The van der Waals surface area contributed by atoms with Crippen molar-refractivity contribution in [3.63, 3.8) is 0 Å². The number of anilines is 2. The zero-order chi connectivity index (χ0) is 17.7. The summed E-state index contributed by atoms with van der Waals surface area (Å²) in [6, 6.07) is 5.83. The Hall–Kier alpha value is -2.48. The van der Waals surface area contributed by atoms with Crippen LogP contribution in [0.2, 0.25) is 0 Å². The molecule has 8 heteroatoms. The van der Waals surface area contributed by atoms with Crippen molar-refractivity contribution in [1.29, 1.82) is 0 Å². The minimum atomic E-state index is -0.568. The highest BCUT2D eigenvalue weighted by atomic mass is 32.2. The Kier molecular flexibility index (Phi) is 5.86. The number of carbonyl (C=O) groups excluding carboxylic acids is 2. The molecule has 0 aliphatic rings. The molecule has 0 aliphatic heterocycles. The van der Waals surface area contributed by atoms with Crippen molar-refractivity contribution >= 4 is 35.0 Å². The molecule has 0 aliphatic carbocycles. The number of nitrogens with zero attached hydrogens (tertiary/aromatic N) is 2. The molecule has 24 heavy (non-hydrogen) atoms. The third-order valence-corrected chi connectivity index (χ3v) is 3.70. The van der Waals surface area contributed by atoms with E-state index in [1.54, 1.807) is 0 Å². The molecule has 1 heterocycles. The van der Waals surface area contributed by atoms with Gasteiger partial charge in [-0.25, -0.2) is 14.4 Å². The van der Waals surface area contributed by atoms with E-state index in [1.807, 2.05) is 19.9 Å². The van der Waals surface area contributed by atoms with Gasteiger partial charge in [0.1, 0.15) is 5.82 Å². The number of carbonyl (C=O) groups is 2. The zero-order valence-electron chi connectivity index (χ0n) is 13.5. The maximum absolute atomic E-state index is 13.6. The van der Waals surface area contributed by atoms with Crippen molar-refractivity contribution in [3.05, 3.63) is 41.5 Å². The van der Waals surface area contributed by atoms with E-state index in [0.29, 0.717) is 10.8 Å². The zero-order valence-corrected chi connectivity index (χ0v) is 14.3. The van der Waals surface area contributed by atoms with Gasteiger partial charge in [-0.15, -0.1) is 0 Å². The summed E-state index contributed by atoms with van der Waals surface area (Å²) in [5.41, 5.74) is 2.09. The number of halogens is 1. The standard InChI is InChI=1S/C16H17FN4O2S/c1-9-6-10(2)19-16(18-9)24-8-15(23)21-12-4-5-13(17)14(7-12)20-11(3)22/h4-7H,8H2,1-3H3,(H,20,22)(H,21,23). The van der Waals surface area contributed by atoms with Gasteiger partial charge in [0.2, 0.25) is 11.8 Å². The van der Waals surface area contributed by atoms with Gasteiger partial charge in [-0.3, -0.25) is 9.59 Å². The lowest BCUT2D eigenvalue weighted by Crippen LogP contribution is -2.15. The van der Waals surface area contributed by atoms with E-state index in [4.69, 9.17) is 0 Å². The number of aryl methyl sites for hydroxylation is 2. The largest absolute Gasteiger partial charge is 0.325 e. The second-order valence-electron chi connectivity index (χ2n) is 5.15. The first-order valence-electron chi connectivity index (χ1n) is 7.15. The predicted octanol–water partition coefficient (Wildman–Crippen LogP) is 2.92. The van der Waals surface area contributed by atoms with Crippen LogP contribution in [0.4, 0.5) is 15.8 Å². The summed E-state index contributed by atoms with van der Waals surface area (Å²) < 4.78 is 13.6. The maximum Gasteiger partial charge on any atom is 0.234 e. The van der Waals surface area contributed by atoms with Crippen LogP contribution in [0.15, 0.2) is 29.4 Å². The van der Waals surface area contributed by atoms with E-state index in [1.165, 1.54) is 36.9 Å². The molecule has 2 N–H and O–H groups in total. The second-order valence-corrected chi connectivity index (χ2v) is 6.09. The Morgan fingerprint density at radius 3 is 2.42 bits per heavy atom. The average molecular weight is 348 g/mol. The van der Waals surface area contributed by atoms with Crippen molar-refractivity contribution in [2.24, 2.45) is 0 Å². The van der Waals surface area contributed by atoms with Crippen molar-refractivity contribution in [2.45, 2.75) is 25.9 Å². The summed E-state index contributed by atoms with van der Waals surface area (Å²) in [6.07, 6.45) is 0. The number of nitrogens with one attached hydrogen (secondary N) is 2. The van der Waals surface area contributed by atoms with E-state index in [-0.39, 0.29) is 23.3 Å². The molecule has 0 bridgehead atoms. The quantitative estimate of drug-likeness (QED) is 0.641. The van der Waals surface area contributed by atoms with E-state index in [9.17, 15) is 14.0 Å². The first kappa shape index (κ1) is 17.9. The van der Waals surface area contributed by atoms with E-state index in [0.717, 1.165) is 11.4 Å². The molecule has 1 aromatic carbocycles. The first-order valence-corrected chi connectivity index (χ1v) is 8.14. The van der Waals surface area contributed by atoms with Crippen LogP contribution >= 0.6 is 11.8 Å². The van der Waals surface area contributed by atoms with Gasteiger partial charge in [-0.1, -0.05) is 11.8 Å². The van der Waals surface area contributed by atoms with Gasteiger partial charge in [0.25, 0.3) is 0 Å². The Bertz CT molecular complexity index is 762. The smallest absolute Gasteiger partial charge is 0.234 e. The number of benzene rings is 1. The number of rotatable bonds is 5. The molecular weight excluding hydrogens is 331 g/mol. The molecule has 0 saturated heterocycles. The second kappa shape index (κ2) is 7.87. The molecule has 126 valence electrons. The highest BCUT2D eigenvalue weighted by Gasteiger charge is 2.09. The van der Waals surface area contributed by atoms with Crippen LogP contribution in [0, 0.1) is 19.7 Å². The lowest BCUT2D eigenvalue weighted by Gasteiger charge is -2.09. The summed E-state index contributed by atoms with van der Waals surface area (Å²) in [7, 11) is 0. The molecule has 0 atom stereocenters. The van der Waals surface area contributed by atoms with Gasteiger partial charge in [0.15, 0.2) is 5.16 Å². The molecule has 0 fully saturated rings. The van der Waals surface area contributed by atoms with Crippen molar-refractivity contribution in [2.75, 3.05) is 16.4 Å². The molecule has 6 nitrogen and oxygen atoms in total. The SMILES string of the molecule is CC(=O)Nc1cc(NC(=O)CSc2nc(C)cc(C)n2)ccc1F. The Balaban J connectivity index is 1.98. The van der Waals surface area contributed by atoms with Crippen LogP contribution in [0.5, 0.6) is 0 Å². The fourth-order valence-corrected chi connectivity index (χ4v) is 2.72. The minimum Gasteiger partial charge on any atom is -0.325 e. The maximum atomic E-state index is 13.6. The third kappa shape index (κ3) is 5.31. The molecule has 0 unspecified atom stereocenters. The monoisotopic (exact) mass is 348 g/mol. The highest BCUT2D eigenvalue weighted by molar-refractivity contribution is 7.99. The van der Waals surface area contributed by atoms with Crippen molar-refractivity contribution in [3.8, 4) is 0 Å².